The van der Waals surface area contributed by atoms with E-state index in [2.05, 4.69) is 20.2 Å². The molecule has 0 bridgehead atoms. The van der Waals surface area contributed by atoms with Gasteiger partial charge in [0.05, 0.1) is 24.3 Å². The lowest BCUT2D eigenvalue weighted by atomic mass is 9.93. The summed E-state index contributed by atoms with van der Waals surface area (Å²) < 4.78 is 0. The fourth-order valence-corrected chi connectivity index (χ4v) is 2.61. The Morgan fingerprint density at radius 3 is 2.38 bits per heavy atom. The summed E-state index contributed by atoms with van der Waals surface area (Å²) in [5, 5.41) is 35.8. The van der Waals surface area contributed by atoms with Crippen LogP contribution in [0.3, 0.4) is 0 Å². The molecule has 140 valence electrons. The summed E-state index contributed by atoms with van der Waals surface area (Å²) in [5.74, 6) is 0.105. The first kappa shape index (κ1) is 20.5. The van der Waals surface area contributed by atoms with Crippen LogP contribution in [0.5, 0.6) is 0 Å². The Kier molecular flexibility index (Phi) is 7.74. The number of hydrogen-bond acceptors (Lipinski definition) is 6. The number of nitrogens with one attached hydrogen (secondary N) is 1. The normalized spacial score (nSPS) is 14.4. The number of nitrogens with zero attached hydrogens (tertiary/aromatic N) is 3. The van der Waals surface area contributed by atoms with Crippen molar-refractivity contribution in [2.45, 2.75) is 31.5 Å². The second-order valence-corrected chi connectivity index (χ2v) is 6.60. The van der Waals surface area contributed by atoms with E-state index in [4.69, 9.17) is 28.3 Å². The molecule has 0 amide bonds. The molecule has 3 unspecified atom stereocenters. The van der Waals surface area contributed by atoms with Crippen LogP contribution in [0.25, 0.3) is 11.0 Å². The molecule has 3 aromatic rings. The molecule has 0 aliphatic carbocycles. The van der Waals surface area contributed by atoms with E-state index in [0.29, 0.717) is 22.2 Å². The molecular weight excluding hydrogens is 379 g/mol. The highest BCUT2D eigenvalue weighted by atomic mass is 35.5. The molecular formula is C17H20Cl2N4O3. The van der Waals surface area contributed by atoms with Gasteiger partial charge in [0, 0.05) is 5.02 Å². The molecule has 1 aromatic carbocycles. The van der Waals surface area contributed by atoms with Crippen molar-refractivity contribution in [1.82, 2.24) is 20.2 Å². The minimum Gasteiger partial charge on any atom is -0.394 e. The van der Waals surface area contributed by atoms with Crippen molar-refractivity contribution in [2.24, 2.45) is 0 Å². The minimum absolute atomic E-state index is 0.105. The molecule has 0 saturated heterocycles. The van der Waals surface area contributed by atoms with Crippen LogP contribution in [0.15, 0.2) is 36.8 Å². The van der Waals surface area contributed by atoms with E-state index in [0.717, 1.165) is 10.9 Å². The van der Waals surface area contributed by atoms with E-state index in [1.807, 2.05) is 19.1 Å². The quantitative estimate of drug-likeness (QED) is 0.490. The van der Waals surface area contributed by atoms with E-state index in [1.165, 1.54) is 6.33 Å². The van der Waals surface area contributed by atoms with Crippen molar-refractivity contribution >= 4 is 34.2 Å². The largest absolute Gasteiger partial charge is 0.394 e. The molecule has 4 N–H and O–H groups in total. The van der Waals surface area contributed by atoms with Crippen molar-refractivity contribution in [2.75, 3.05) is 6.61 Å². The highest BCUT2D eigenvalue weighted by Crippen LogP contribution is 2.23. The second kappa shape index (κ2) is 9.80. The molecule has 2 heterocycles. The van der Waals surface area contributed by atoms with Crippen molar-refractivity contribution in [3.05, 3.63) is 52.5 Å². The molecule has 0 saturated carbocycles. The Balaban J connectivity index is 0.000000206. The SMILES string of the molecule is CC(CC(O)C(O)CO)c1ccc(Cl)cc1.Clc1ncnc2[nH]ncc12. The summed E-state index contributed by atoms with van der Waals surface area (Å²) in [5.41, 5.74) is 1.72. The molecule has 7 nitrogen and oxygen atoms in total. The third kappa shape index (κ3) is 5.62. The Labute approximate surface area is 160 Å². The number of H-pyrrole nitrogens is 1. The highest BCUT2D eigenvalue weighted by molar-refractivity contribution is 6.33. The first-order valence-electron chi connectivity index (χ1n) is 7.94. The van der Waals surface area contributed by atoms with Crippen LogP contribution in [0, 0.1) is 0 Å². The summed E-state index contributed by atoms with van der Waals surface area (Å²) in [6.45, 7) is 1.53. The Hall–Kier alpha value is -1.77. The maximum atomic E-state index is 9.57. The zero-order chi connectivity index (χ0) is 19.1. The van der Waals surface area contributed by atoms with Gasteiger partial charge in [0.25, 0.3) is 0 Å². The number of benzene rings is 1. The topological polar surface area (TPSA) is 115 Å². The number of aliphatic hydroxyl groups is 3. The lowest BCUT2D eigenvalue weighted by molar-refractivity contribution is -0.0199. The summed E-state index contributed by atoms with van der Waals surface area (Å²) >= 11 is 11.5. The van der Waals surface area contributed by atoms with Crippen molar-refractivity contribution < 1.29 is 15.3 Å². The smallest absolute Gasteiger partial charge is 0.160 e. The highest BCUT2D eigenvalue weighted by Gasteiger charge is 2.19. The van der Waals surface area contributed by atoms with Crippen LogP contribution in [-0.2, 0) is 0 Å². The van der Waals surface area contributed by atoms with Gasteiger partial charge < -0.3 is 15.3 Å². The molecule has 9 heteroatoms. The minimum atomic E-state index is -1.07. The third-order valence-corrected chi connectivity index (χ3v) is 4.42. The van der Waals surface area contributed by atoms with Gasteiger partial charge in [0.2, 0.25) is 0 Å². The number of aromatic amines is 1. The fourth-order valence-electron chi connectivity index (χ4n) is 2.30. The summed E-state index contributed by atoms with van der Waals surface area (Å²) in [7, 11) is 0. The van der Waals surface area contributed by atoms with E-state index in [-0.39, 0.29) is 5.92 Å². The summed E-state index contributed by atoms with van der Waals surface area (Å²) in [6, 6.07) is 7.38. The molecule has 2 aromatic heterocycles. The number of aromatic nitrogens is 4. The molecule has 0 radical (unpaired) electrons. The maximum absolute atomic E-state index is 9.57. The van der Waals surface area contributed by atoms with Crippen molar-refractivity contribution in [1.29, 1.82) is 0 Å². The zero-order valence-corrected chi connectivity index (χ0v) is 15.6. The van der Waals surface area contributed by atoms with Gasteiger partial charge in [-0.1, -0.05) is 42.3 Å². The summed E-state index contributed by atoms with van der Waals surface area (Å²) in [6.07, 6.45) is 1.41. The Morgan fingerprint density at radius 2 is 1.77 bits per heavy atom. The van der Waals surface area contributed by atoms with Gasteiger partial charge in [-0.2, -0.15) is 5.10 Å². The van der Waals surface area contributed by atoms with Crippen LogP contribution in [0.4, 0.5) is 0 Å². The number of fused-ring (bicyclic) bond motifs is 1. The molecule has 3 atom stereocenters. The Morgan fingerprint density at radius 1 is 1.08 bits per heavy atom. The first-order chi connectivity index (χ1) is 12.4. The zero-order valence-electron chi connectivity index (χ0n) is 14.0. The molecule has 0 spiro atoms. The van der Waals surface area contributed by atoms with Crippen LogP contribution >= 0.6 is 23.2 Å². The molecule has 3 rings (SSSR count). The third-order valence-electron chi connectivity index (χ3n) is 3.86. The molecule has 0 aliphatic rings. The lowest BCUT2D eigenvalue weighted by Crippen LogP contribution is -2.30. The van der Waals surface area contributed by atoms with Crippen LogP contribution in [-0.4, -0.2) is 54.3 Å². The number of halogens is 2. The monoisotopic (exact) mass is 398 g/mol. The summed E-state index contributed by atoms with van der Waals surface area (Å²) in [4.78, 5) is 7.66. The molecule has 0 fully saturated rings. The predicted octanol–water partition coefficient (Wildman–Crippen LogP) is 2.55. The first-order valence-corrected chi connectivity index (χ1v) is 8.70. The van der Waals surface area contributed by atoms with Crippen LogP contribution in [0.2, 0.25) is 10.2 Å². The van der Waals surface area contributed by atoms with E-state index < -0.39 is 18.8 Å². The van der Waals surface area contributed by atoms with Crippen LogP contribution in [0.1, 0.15) is 24.8 Å². The van der Waals surface area contributed by atoms with Crippen molar-refractivity contribution in [3.8, 4) is 0 Å². The van der Waals surface area contributed by atoms with E-state index >= 15 is 0 Å². The average molecular weight is 399 g/mol. The van der Waals surface area contributed by atoms with Crippen LogP contribution < -0.4 is 0 Å². The predicted molar refractivity (Wildman–Crippen MR) is 100 cm³/mol. The van der Waals surface area contributed by atoms with E-state index in [9.17, 15) is 10.2 Å². The van der Waals surface area contributed by atoms with Gasteiger partial charge in [-0.15, -0.1) is 0 Å². The maximum Gasteiger partial charge on any atom is 0.160 e. The van der Waals surface area contributed by atoms with Gasteiger partial charge in [0.1, 0.15) is 17.6 Å². The van der Waals surface area contributed by atoms with E-state index in [1.54, 1.807) is 18.3 Å². The molecule has 26 heavy (non-hydrogen) atoms. The van der Waals surface area contributed by atoms with Gasteiger partial charge in [-0.3, -0.25) is 5.10 Å². The number of hydrogen-bond donors (Lipinski definition) is 4. The molecule has 0 aliphatic heterocycles. The number of aliphatic hydroxyl groups excluding tert-OH is 3. The average Bonchev–Trinajstić information content (AvgIpc) is 3.12. The number of rotatable bonds is 5. The Bertz CT molecular complexity index is 813. The standard InChI is InChI=1S/C12H17ClO3.C5H3ClN4/c1-8(6-11(15)12(16)7-14)9-2-4-10(13)5-3-9;6-4-3-1-9-10-5(3)8-2-7-4/h2-5,8,11-12,14-16H,6-7H2,1H3;1-2H,(H,7,8,9,10). The van der Waals surface area contributed by atoms with Gasteiger partial charge in [0.15, 0.2) is 5.65 Å². The fraction of sp³-hybridized carbons (Fsp3) is 0.353. The van der Waals surface area contributed by atoms with Gasteiger partial charge in [-0.25, -0.2) is 9.97 Å². The van der Waals surface area contributed by atoms with Gasteiger partial charge in [-0.05, 0) is 30.0 Å². The second-order valence-electron chi connectivity index (χ2n) is 5.80. The van der Waals surface area contributed by atoms with Crippen molar-refractivity contribution in [3.63, 3.8) is 0 Å². The van der Waals surface area contributed by atoms with Gasteiger partial charge >= 0.3 is 0 Å². The lowest BCUT2D eigenvalue weighted by Gasteiger charge is -2.20.